The van der Waals surface area contributed by atoms with Gasteiger partial charge in [-0.15, -0.1) is 10.2 Å². The molecule has 0 N–H and O–H groups in total. The predicted molar refractivity (Wildman–Crippen MR) is 107 cm³/mol. The number of ether oxygens (including phenoxy) is 3. The molecular formula is C21H22N2O4S. The van der Waals surface area contributed by atoms with E-state index in [4.69, 9.17) is 18.6 Å². The van der Waals surface area contributed by atoms with Crippen LogP contribution in [0.25, 0.3) is 11.5 Å². The van der Waals surface area contributed by atoms with Crippen LogP contribution in [-0.2, 0) is 12.2 Å². The van der Waals surface area contributed by atoms with Gasteiger partial charge in [0.25, 0.3) is 11.1 Å². The van der Waals surface area contributed by atoms with Crippen molar-refractivity contribution in [1.29, 1.82) is 0 Å². The first-order chi connectivity index (χ1) is 13.7. The zero-order valence-electron chi connectivity index (χ0n) is 16.1. The van der Waals surface area contributed by atoms with E-state index in [2.05, 4.69) is 29.3 Å². The van der Waals surface area contributed by atoms with Gasteiger partial charge in [-0.2, -0.15) is 0 Å². The third-order valence-corrected chi connectivity index (χ3v) is 5.34. The Kier molecular flexibility index (Phi) is 5.43. The van der Waals surface area contributed by atoms with E-state index >= 15 is 0 Å². The van der Waals surface area contributed by atoms with Gasteiger partial charge in [0.1, 0.15) is 23.4 Å². The Balaban J connectivity index is 1.52. The van der Waals surface area contributed by atoms with Crippen molar-refractivity contribution in [2.24, 2.45) is 0 Å². The molecule has 1 atom stereocenters. The summed E-state index contributed by atoms with van der Waals surface area (Å²) in [6.45, 7) is 4.68. The van der Waals surface area contributed by atoms with Gasteiger partial charge in [-0.1, -0.05) is 23.9 Å². The summed E-state index contributed by atoms with van der Waals surface area (Å²) in [4.78, 5) is 0. The van der Waals surface area contributed by atoms with Crippen LogP contribution in [0.3, 0.4) is 0 Å². The normalized spacial score (nSPS) is 15.2. The van der Waals surface area contributed by atoms with E-state index < -0.39 is 0 Å². The molecule has 1 aromatic heterocycles. The maximum Gasteiger partial charge on any atom is 0.277 e. The molecule has 0 radical (unpaired) electrons. The van der Waals surface area contributed by atoms with E-state index in [0.29, 0.717) is 29.2 Å². The zero-order chi connectivity index (χ0) is 19.5. The molecule has 0 bridgehead atoms. The topological polar surface area (TPSA) is 66.6 Å². The molecule has 0 spiro atoms. The third kappa shape index (κ3) is 3.80. The average Bonchev–Trinajstić information content (AvgIpc) is 3.31. The number of hydrogen-bond donors (Lipinski definition) is 0. The van der Waals surface area contributed by atoms with Gasteiger partial charge in [-0.3, -0.25) is 0 Å². The van der Waals surface area contributed by atoms with Crippen molar-refractivity contribution in [1.82, 2.24) is 10.2 Å². The Morgan fingerprint density at radius 3 is 2.86 bits per heavy atom. The molecular weight excluding hydrogens is 376 g/mol. The second-order valence-electron chi connectivity index (χ2n) is 6.50. The third-order valence-electron chi connectivity index (χ3n) is 4.47. The lowest BCUT2D eigenvalue weighted by atomic mass is 10.1. The van der Waals surface area contributed by atoms with E-state index in [1.165, 1.54) is 17.3 Å². The van der Waals surface area contributed by atoms with Crippen LogP contribution in [0.5, 0.6) is 17.2 Å². The molecule has 3 aromatic rings. The summed E-state index contributed by atoms with van der Waals surface area (Å²) in [6.07, 6.45) is 1.11. The molecule has 1 aliphatic rings. The van der Waals surface area contributed by atoms with Crippen LogP contribution in [0.4, 0.5) is 0 Å². The molecule has 1 aliphatic heterocycles. The van der Waals surface area contributed by atoms with E-state index in [9.17, 15) is 0 Å². The number of benzene rings is 2. The fourth-order valence-electron chi connectivity index (χ4n) is 3.22. The lowest BCUT2D eigenvalue weighted by molar-refractivity contribution is 0.254. The smallest absolute Gasteiger partial charge is 0.277 e. The highest BCUT2D eigenvalue weighted by atomic mass is 32.2. The molecule has 146 valence electrons. The summed E-state index contributed by atoms with van der Waals surface area (Å²) in [5.41, 5.74) is 3.02. The lowest BCUT2D eigenvalue weighted by Gasteiger charge is -2.11. The van der Waals surface area contributed by atoms with Crippen LogP contribution in [0, 0.1) is 0 Å². The summed E-state index contributed by atoms with van der Waals surface area (Å²) >= 11 is 1.47. The fourth-order valence-corrected chi connectivity index (χ4v) is 3.96. The maximum atomic E-state index is 5.89. The molecule has 7 heteroatoms. The Morgan fingerprint density at radius 2 is 2.04 bits per heavy atom. The van der Waals surface area contributed by atoms with Gasteiger partial charge in [-0.25, -0.2) is 0 Å². The highest BCUT2D eigenvalue weighted by molar-refractivity contribution is 7.98. The van der Waals surface area contributed by atoms with Gasteiger partial charge >= 0.3 is 0 Å². The Hall–Kier alpha value is -2.67. The monoisotopic (exact) mass is 398 g/mol. The van der Waals surface area contributed by atoms with Crippen molar-refractivity contribution in [2.45, 2.75) is 37.3 Å². The molecule has 28 heavy (non-hydrogen) atoms. The quantitative estimate of drug-likeness (QED) is 0.532. The van der Waals surface area contributed by atoms with Crippen molar-refractivity contribution in [2.75, 3.05) is 13.7 Å². The average molecular weight is 398 g/mol. The summed E-state index contributed by atoms with van der Waals surface area (Å²) in [5, 5.41) is 8.82. The molecule has 2 aromatic carbocycles. The largest absolute Gasteiger partial charge is 0.496 e. The SMILES string of the molecule is CCOc1cc2c(cc1CSc1nnc(-c3ccccc3OC)o1)O[C@@H](C)C2. The van der Waals surface area contributed by atoms with Crippen molar-refractivity contribution >= 4 is 11.8 Å². The molecule has 4 rings (SSSR count). The van der Waals surface area contributed by atoms with Crippen molar-refractivity contribution in [3.8, 4) is 28.7 Å². The first kappa shape index (κ1) is 18.7. The standard InChI is InChI=1S/C21H22N2O4S/c1-4-25-18-10-14-9-13(2)26-19(14)11-15(18)12-28-21-23-22-20(27-21)16-7-5-6-8-17(16)24-3/h5-8,10-11,13H,4,9,12H2,1-3H3/t13-/m0/s1. The second-order valence-corrected chi connectivity index (χ2v) is 7.42. The predicted octanol–water partition coefficient (Wildman–Crippen LogP) is 4.76. The Labute approximate surface area is 168 Å². The summed E-state index contributed by atoms with van der Waals surface area (Å²) in [7, 11) is 1.62. The van der Waals surface area contributed by atoms with Crippen molar-refractivity contribution < 1.29 is 18.6 Å². The Morgan fingerprint density at radius 1 is 1.18 bits per heavy atom. The lowest BCUT2D eigenvalue weighted by Crippen LogP contribution is -2.05. The molecule has 0 aliphatic carbocycles. The van der Waals surface area contributed by atoms with Crippen LogP contribution in [-0.4, -0.2) is 30.0 Å². The van der Waals surface area contributed by atoms with Gasteiger partial charge in [0, 0.05) is 23.3 Å². The highest BCUT2D eigenvalue weighted by Crippen LogP contribution is 2.38. The summed E-state index contributed by atoms with van der Waals surface area (Å²) in [6, 6.07) is 11.7. The molecule has 2 heterocycles. The number of aromatic nitrogens is 2. The van der Waals surface area contributed by atoms with Crippen molar-refractivity contribution in [3.63, 3.8) is 0 Å². The maximum absolute atomic E-state index is 5.89. The number of thioether (sulfide) groups is 1. The Bertz CT molecular complexity index is 973. The molecule has 0 fully saturated rings. The molecule has 0 saturated heterocycles. The van der Waals surface area contributed by atoms with Gasteiger partial charge in [0.15, 0.2) is 0 Å². The number of para-hydroxylation sites is 1. The van der Waals surface area contributed by atoms with Gasteiger partial charge < -0.3 is 18.6 Å². The molecule has 6 nitrogen and oxygen atoms in total. The molecule has 0 unspecified atom stereocenters. The van der Waals surface area contributed by atoms with E-state index in [1.807, 2.05) is 31.2 Å². The minimum atomic E-state index is 0.201. The fraction of sp³-hybridized carbons (Fsp3) is 0.333. The number of methoxy groups -OCH3 is 1. The first-order valence-electron chi connectivity index (χ1n) is 9.23. The number of rotatable bonds is 7. The first-order valence-corrected chi connectivity index (χ1v) is 10.2. The minimum Gasteiger partial charge on any atom is -0.496 e. The van der Waals surface area contributed by atoms with Gasteiger partial charge in [0.05, 0.1) is 19.3 Å². The number of hydrogen-bond acceptors (Lipinski definition) is 7. The van der Waals surface area contributed by atoms with Crippen molar-refractivity contribution in [3.05, 3.63) is 47.5 Å². The van der Waals surface area contributed by atoms with Crippen LogP contribution in [0.2, 0.25) is 0 Å². The van der Waals surface area contributed by atoms with E-state index in [1.54, 1.807) is 7.11 Å². The highest BCUT2D eigenvalue weighted by Gasteiger charge is 2.22. The van der Waals surface area contributed by atoms with Gasteiger partial charge in [0.2, 0.25) is 0 Å². The van der Waals surface area contributed by atoms with E-state index in [0.717, 1.165) is 29.0 Å². The number of fused-ring (bicyclic) bond motifs is 1. The van der Waals surface area contributed by atoms with Crippen LogP contribution in [0.15, 0.2) is 46.0 Å². The number of nitrogens with zero attached hydrogens (tertiary/aromatic N) is 2. The molecule has 0 amide bonds. The van der Waals surface area contributed by atoms with Crippen LogP contribution >= 0.6 is 11.8 Å². The zero-order valence-corrected chi connectivity index (χ0v) is 16.9. The van der Waals surface area contributed by atoms with E-state index in [-0.39, 0.29) is 6.10 Å². The second kappa shape index (κ2) is 8.14. The summed E-state index contributed by atoms with van der Waals surface area (Å²) in [5.74, 6) is 3.61. The van der Waals surface area contributed by atoms with Gasteiger partial charge in [-0.05, 0) is 38.1 Å². The summed E-state index contributed by atoms with van der Waals surface area (Å²) < 4.78 is 22.9. The minimum absolute atomic E-state index is 0.201. The van der Waals surface area contributed by atoms with Crippen LogP contribution in [0.1, 0.15) is 25.0 Å². The molecule has 0 saturated carbocycles. The van der Waals surface area contributed by atoms with Crippen LogP contribution < -0.4 is 14.2 Å².